The standard InChI is InChI=1S/C20H21N3OS/c1-13-14(2)23(15(3)16-7-5-4-6-8-16)19(18(13)11-21)22-20(24)17-9-10-25-12-17/h4-10,12,15,18-19H,1-3H3,(H,22,24)/i19D. The van der Waals surface area contributed by atoms with Gasteiger partial charge in [0.2, 0.25) is 0 Å². The van der Waals surface area contributed by atoms with Gasteiger partial charge in [0.15, 0.2) is 0 Å². The summed E-state index contributed by atoms with van der Waals surface area (Å²) in [5.74, 6) is -1.08. The molecule has 25 heavy (non-hydrogen) atoms. The Kier molecular flexibility index (Phi) is 4.53. The molecule has 5 heteroatoms. The molecule has 1 aliphatic heterocycles. The Morgan fingerprint density at radius 2 is 2.08 bits per heavy atom. The SMILES string of the molecule is [2H]C1(NC(=O)c2ccsc2)C(C#N)C(C)=C(C)N1C(C)c1ccccc1. The maximum atomic E-state index is 12.7. The minimum absolute atomic E-state index is 0.162. The van der Waals surface area contributed by atoms with E-state index in [1.165, 1.54) is 11.3 Å². The van der Waals surface area contributed by atoms with E-state index in [0.717, 1.165) is 16.8 Å². The maximum Gasteiger partial charge on any atom is 0.253 e. The molecule has 0 bridgehead atoms. The average molecular weight is 352 g/mol. The van der Waals surface area contributed by atoms with Gasteiger partial charge in [-0.1, -0.05) is 30.3 Å². The van der Waals surface area contributed by atoms with Crippen LogP contribution in [0.4, 0.5) is 0 Å². The first kappa shape index (κ1) is 15.9. The van der Waals surface area contributed by atoms with Gasteiger partial charge < -0.3 is 10.2 Å². The Balaban J connectivity index is 2.01. The topological polar surface area (TPSA) is 56.1 Å². The summed E-state index contributed by atoms with van der Waals surface area (Å²) < 4.78 is 9.10. The van der Waals surface area contributed by atoms with E-state index in [1.54, 1.807) is 11.4 Å². The predicted molar refractivity (Wildman–Crippen MR) is 99.7 cm³/mol. The van der Waals surface area contributed by atoms with Crippen molar-refractivity contribution in [3.8, 4) is 6.07 Å². The molecule has 0 fully saturated rings. The first-order chi connectivity index (χ1) is 12.4. The van der Waals surface area contributed by atoms with Crippen molar-refractivity contribution >= 4 is 17.2 Å². The number of carbonyl (C=O) groups is 1. The van der Waals surface area contributed by atoms with Crippen molar-refractivity contribution in [2.24, 2.45) is 5.92 Å². The van der Waals surface area contributed by atoms with Gasteiger partial charge in [-0.2, -0.15) is 16.6 Å². The first-order valence-electron chi connectivity index (χ1n) is 8.66. The minimum Gasteiger partial charge on any atom is -0.347 e. The molecule has 3 rings (SSSR count). The Morgan fingerprint density at radius 1 is 1.36 bits per heavy atom. The van der Waals surface area contributed by atoms with Crippen LogP contribution in [0.25, 0.3) is 0 Å². The summed E-state index contributed by atoms with van der Waals surface area (Å²) in [6, 6.07) is 13.6. The summed E-state index contributed by atoms with van der Waals surface area (Å²) in [5, 5.41) is 16.1. The van der Waals surface area contributed by atoms with E-state index in [2.05, 4.69) is 11.4 Å². The number of nitrogens with zero attached hydrogens (tertiary/aromatic N) is 2. The van der Waals surface area contributed by atoms with Gasteiger partial charge in [0.05, 0.1) is 19.0 Å². The number of thiophene rings is 1. The quantitative estimate of drug-likeness (QED) is 0.892. The van der Waals surface area contributed by atoms with Gasteiger partial charge in [-0.25, -0.2) is 0 Å². The molecule has 1 N–H and O–H groups in total. The number of amides is 1. The summed E-state index contributed by atoms with van der Waals surface area (Å²) in [6.45, 7) is 5.76. The second-order valence-corrected chi connectivity index (χ2v) is 6.92. The van der Waals surface area contributed by atoms with E-state index in [1.807, 2.05) is 61.4 Å². The molecular formula is C20H21N3OS. The molecule has 0 aliphatic carbocycles. The Bertz CT molecular complexity index is 872. The van der Waals surface area contributed by atoms with Crippen molar-refractivity contribution in [2.45, 2.75) is 33.0 Å². The fourth-order valence-electron chi connectivity index (χ4n) is 3.18. The zero-order chi connectivity index (χ0) is 18.9. The molecule has 2 aromatic rings. The Morgan fingerprint density at radius 3 is 2.68 bits per heavy atom. The minimum atomic E-state index is -1.56. The number of allylic oxidation sites excluding steroid dienone is 1. The first-order valence-corrected chi connectivity index (χ1v) is 9.10. The smallest absolute Gasteiger partial charge is 0.253 e. The molecule has 3 atom stereocenters. The largest absolute Gasteiger partial charge is 0.347 e. The lowest BCUT2D eigenvalue weighted by molar-refractivity contribution is 0.0849. The van der Waals surface area contributed by atoms with Gasteiger partial charge >= 0.3 is 0 Å². The van der Waals surface area contributed by atoms with Gasteiger partial charge in [0.25, 0.3) is 5.91 Å². The van der Waals surface area contributed by atoms with Crippen molar-refractivity contribution in [3.05, 3.63) is 69.6 Å². The van der Waals surface area contributed by atoms with Gasteiger partial charge in [0.1, 0.15) is 12.1 Å². The average Bonchev–Trinajstić information content (AvgIpc) is 3.22. The van der Waals surface area contributed by atoms with Gasteiger partial charge in [0, 0.05) is 11.1 Å². The van der Waals surface area contributed by atoms with Gasteiger partial charge in [-0.15, -0.1) is 0 Å². The molecule has 128 valence electrons. The highest BCUT2D eigenvalue weighted by Crippen LogP contribution is 2.38. The predicted octanol–water partition coefficient (Wildman–Crippen LogP) is 4.31. The van der Waals surface area contributed by atoms with E-state index in [0.29, 0.717) is 5.56 Å². The Labute approximate surface area is 153 Å². The molecule has 0 saturated carbocycles. The van der Waals surface area contributed by atoms with Crippen LogP contribution in [0.5, 0.6) is 0 Å². The molecule has 1 aromatic heterocycles. The van der Waals surface area contributed by atoms with Crippen LogP contribution in [0, 0.1) is 17.2 Å². The summed E-state index contributed by atoms with van der Waals surface area (Å²) in [5.41, 5.74) is 3.21. The van der Waals surface area contributed by atoms with Crippen LogP contribution in [-0.2, 0) is 0 Å². The Hall–Kier alpha value is -2.58. The number of nitriles is 1. The van der Waals surface area contributed by atoms with Crippen LogP contribution in [0.1, 0.15) is 44.1 Å². The van der Waals surface area contributed by atoms with Crippen LogP contribution in [0.3, 0.4) is 0 Å². The van der Waals surface area contributed by atoms with E-state index in [4.69, 9.17) is 1.37 Å². The van der Waals surface area contributed by atoms with Crippen LogP contribution in [0.15, 0.2) is 58.4 Å². The van der Waals surface area contributed by atoms with Crippen molar-refractivity contribution < 1.29 is 6.17 Å². The third-order valence-electron chi connectivity index (χ3n) is 4.72. The lowest BCUT2D eigenvalue weighted by Crippen LogP contribution is -2.48. The number of benzene rings is 1. The third-order valence-corrected chi connectivity index (χ3v) is 5.40. The van der Waals surface area contributed by atoms with E-state index < -0.39 is 12.1 Å². The molecule has 3 unspecified atom stereocenters. The zero-order valence-corrected chi connectivity index (χ0v) is 15.3. The summed E-state index contributed by atoms with van der Waals surface area (Å²) in [4.78, 5) is 14.5. The highest BCUT2D eigenvalue weighted by atomic mass is 32.1. The van der Waals surface area contributed by atoms with Crippen molar-refractivity contribution in [1.82, 2.24) is 10.2 Å². The summed E-state index contributed by atoms with van der Waals surface area (Å²) >= 11 is 1.43. The molecule has 0 saturated heterocycles. The second kappa shape index (κ2) is 7.12. The van der Waals surface area contributed by atoms with Crippen LogP contribution >= 0.6 is 11.3 Å². The third kappa shape index (κ3) is 3.18. The fraction of sp³-hybridized carbons (Fsp3) is 0.300. The summed E-state index contributed by atoms with van der Waals surface area (Å²) in [7, 11) is 0. The second-order valence-electron chi connectivity index (χ2n) is 6.14. The van der Waals surface area contributed by atoms with Crippen LogP contribution in [-0.4, -0.2) is 16.9 Å². The summed E-state index contributed by atoms with van der Waals surface area (Å²) in [6.07, 6.45) is -1.56. The molecule has 2 heterocycles. The number of hydrogen-bond donors (Lipinski definition) is 1. The van der Waals surface area contributed by atoms with Crippen molar-refractivity contribution in [1.29, 1.82) is 5.26 Å². The molecule has 0 radical (unpaired) electrons. The fourth-order valence-corrected chi connectivity index (χ4v) is 3.81. The van der Waals surface area contributed by atoms with Crippen molar-refractivity contribution in [3.63, 3.8) is 0 Å². The van der Waals surface area contributed by atoms with E-state index >= 15 is 0 Å². The van der Waals surface area contributed by atoms with Gasteiger partial charge in [-0.3, -0.25) is 4.79 Å². The molecule has 4 nitrogen and oxygen atoms in total. The number of carbonyl (C=O) groups excluding carboxylic acids is 1. The van der Waals surface area contributed by atoms with Crippen LogP contribution in [0.2, 0.25) is 0 Å². The van der Waals surface area contributed by atoms with Crippen molar-refractivity contribution in [2.75, 3.05) is 0 Å². The normalized spacial score (nSPS) is 24.6. The number of nitrogens with one attached hydrogen (secondary N) is 1. The molecule has 1 aromatic carbocycles. The molecule has 0 spiro atoms. The highest BCUT2D eigenvalue weighted by molar-refractivity contribution is 7.08. The van der Waals surface area contributed by atoms with E-state index in [9.17, 15) is 10.1 Å². The lowest BCUT2D eigenvalue weighted by Gasteiger charge is -2.36. The number of rotatable bonds is 4. The number of hydrogen-bond acceptors (Lipinski definition) is 4. The molecule has 1 amide bonds. The zero-order valence-electron chi connectivity index (χ0n) is 15.5. The van der Waals surface area contributed by atoms with Crippen LogP contribution < -0.4 is 5.32 Å². The highest BCUT2D eigenvalue weighted by Gasteiger charge is 2.40. The monoisotopic (exact) mass is 352 g/mol. The van der Waals surface area contributed by atoms with Gasteiger partial charge in [-0.05, 0) is 43.4 Å². The van der Waals surface area contributed by atoms with E-state index in [-0.39, 0.29) is 11.9 Å². The maximum absolute atomic E-state index is 12.7. The lowest BCUT2D eigenvalue weighted by atomic mass is 10.0. The molecular weight excluding hydrogens is 330 g/mol. The molecule has 1 aliphatic rings.